The molecule has 3 aromatic rings. The van der Waals surface area contributed by atoms with Gasteiger partial charge in [-0.2, -0.15) is 0 Å². The van der Waals surface area contributed by atoms with E-state index in [-0.39, 0.29) is 11.9 Å². The maximum atomic E-state index is 12.1. The van der Waals surface area contributed by atoms with Gasteiger partial charge in [0, 0.05) is 12.5 Å². The van der Waals surface area contributed by atoms with Crippen LogP contribution in [0.2, 0.25) is 0 Å². The van der Waals surface area contributed by atoms with Crippen LogP contribution in [0.3, 0.4) is 0 Å². The third-order valence-corrected chi connectivity index (χ3v) is 5.64. The monoisotopic (exact) mass is 377 g/mol. The van der Waals surface area contributed by atoms with Crippen LogP contribution in [0.25, 0.3) is 11.7 Å². The lowest BCUT2D eigenvalue weighted by Crippen LogP contribution is -2.32. The topological polar surface area (TPSA) is 98.2 Å². The number of carbonyl (C=O) groups is 1. The van der Waals surface area contributed by atoms with Crippen molar-refractivity contribution < 1.29 is 13.6 Å². The number of rotatable bonds is 7. The van der Waals surface area contributed by atoms with Crippen molar-refractivity contribution in [3.8, 4) is 11.7 Å². The van der Waals surface area contributed by atoms with Crippen LogP contribution in [0, 0.1) is 0 Å². The zero-order valence-electron chi connectivity index (χ0n) is 13.4. The molecule has 3 heterocycles. The molecule has 130 valence electrons. The van der Waals surface area contributed by atoms with Gasteiger partial charge in [-0.15, -0.1) is 20.4 Å². The number of anilines is 1. The van der Waals surface area contributed by atoms with Crippen molar-refractivity contribution in [3.05, 3.63) is 24.3 Å². The van der Waals surface area contributed by atoms with Gasteiger partial charge in [-0.05, 0) is 25.0 Å². The molecule has 1 amide bonds. The summed E-state index contributed by atoms with van der Waals surface area (Å²) in [6.45, 7) is 1.86. The van der Waals surface area contributed by atoms with Gasteiger partial charge in [0.25, 0.3) is 5.89 Å². The fourth-order valence-electron chi connectivity index (χ4n) is 2.26. The van der Waals surface area contributed by atoms with E-state index in [9.17, 15) is 4.79 Å². The van der Waals surface area contributed by atoms with E-state index in [1.165, 1.54) is 23.1 Å². The second-order valence-corrected chi connectivity index (χ2v) is 7.64. The van der Waals surface area contributed by atoms with Crippen molar-refractivity contribution in [2.45, 2.75) is 42.3 Å². The number of thioether (sulfide) groups is 1. The van der Waals surface area contributed by atoms with Gasteiger partial charge >= 0.3 is 0 Å². The Bertz CT molecular complexity index is 856. The van der Waals surface area contributed by atoms with Crippen LogP contribution in [-0.4, -0.2) is 32.3 Å². The summed E-state index contributed by atoms with van der Waals surface area (Å²) in [5.74, 6) is 1.95. The first kappa shape index (κ1) is 16.3. The third kappa shape index (κ3) is 3.59. The Kier molecular flexibility index (Phi) is 4.53. The van der Waals surface area contributed by atoms with E-state index >= 15 is 0 Å². The molecule has 0 unspecified atom stereocenters. The summed E-state index contributed by atoms with van der Waals surface area (Å²) in [5.41, 5.74) is 0. The lowest BCUT2D eigenvalue weighted by molar-refractivity contribution is -0.118. The van der Waals surface area contributed by atoms with Crippen molar-refractivity contribution in [1.29, 1.82) is 0 Å². The Morgan fingerprint density at radius 2 is 2.24 bits per heavy atom. The van der Waals surface area contributed by atoms with E-state index in [1.54, 1.807) is 23.3 Å². The number of furan rings is 1. The Morgan fingerprint density at radius 3 is 2.96 bits per heavy atom. The SMILES string of the molecule is CCC(=O)N(c1nnc(SCc2nnc(-c3ccco3)o2)s1)C1CC1. The normalized spacial score (nSPS) is 14.0. The van der Waals surface area contributed by atoms with Gasteiger partial charge in [0.05, 0.1) is 12.0 Å². The summed E-state index contributed by atoms with van der Waals surface area (Å²) in [6, 6.07) is 3.81. The summed E-state index contributed by atoms with van der Waals surface area (Å²) in [4.78, 5) is 13.9. The Balaban J connectivity index is 1.40. The van der Waals surface area contributed by atoms with Crippen molar-refractivity contribution >= 4 is 34.1 Å². The average molecular weight is 377 g/mol. The highest BCUT2D eigenvalue weighted by molar-refractivity contribution is 8.00. The molecule has 0 bridgehead atoms. The predicted molar refractivity (Wildman–Crippen MR) is 92.3 cm³/mol. The first-order chi connectivity index (χ1) is 12.2. The summed E-state index contributed by atoms with van der Waals surface area (Å²) < 4.78 is 11.6. The van der Waals surface area contributed by atoms with Gasteiger partial charge in [0.1, 0.15) is 0 Å². The maximum absolute atomic E-state index is 12.1. The second-order valence-electron chi connectivity index (χ2n) is 5.47. The molecule has 1 aliphatic rings. The van der Waals surface area contributed by atoms with Crippen LogP contribution in [0.15, 0.2) is 31.6 Å². The molecule has 8 nitrogen and oxygen atoms in total. The zero-order chi connectivity index (χ0) is 17.2. The van der Waals surface area contributed by atoms with Crippen LogP contribution in [0.4, 0.5) is 5.13 Å². The quantitative estimate of drug-likeness (QED) is 0.456. The van der Waals surface area contributed by atoms with Crippen molar-refractivity contribution in [2.75, 3.05) is 4.90 Å². The summed E-state index contributed by atoms with van der Waals surface area (Å²) >= 11 is 2.87. The summed E-state index contributed by atoms with van der Waals surface area (Å²) in [7, 11) is 0. The van der Waals surface area contributed by atoms with Gasteiger partial charge in [0.2, 0.25) is 16.9 Å². The maximum Gasteiger partial charge on any atom is 0.283 e. The van der Waals surface area contributed by atoms with Crippen LogP contribution in [0.5, 0.6) is 0 Å². The fraction of sp³-hybridized carbons (Fsp3) is 0.400. The molecule has 1 aliphatic carbocycles. The molecule has 0 N–H and O–H groups in total. The van der Waals surface area contributed by atoms with Gasteiger partial charge in [-0.25, -0.2) is 0 Å². The minimum absolute atomic E-state index is 0.0928. The molecule has 10 heteroatoms. The predicted octanol–water partition coefficient (Wildman–Crippen LogP) is 3.38. The molecule has 3 aromatic heterocycles. The highest BCUT2D eigenvalue weighted by Crippen LogP contribution is 2.36. The lowest BCUT2D eigenvalue weighted by atomic mass is 10.4. The fourth-order valence-corrected chi connectivity index (χ4v) is 4.03. The zero-order valence-corrected chi connectivity index (χ0v) is 15.0. The molecule has 0 spiro atoms. The van der Waals surface area contributed by atoms with E-state index in [1.807, 2.05) is 6.92 Å². The van der Waals surface area contributed by atoms with E-state index in [4.69, 9.17) is 8.83 Å². The largest absolute Gasteiger partial charge is 0.459 e. The van der Waals surface area contributed by atoms with E-state index in [2.05, 4.69) is 20.4 Å². The summed E-state index contributed by atoms with van der Waals surface area (Å²) in [6.07, 6.45) is 4.09. The molecule has 0 radical (unpaired) electrons. The molecule has 0 saturated heterocycles. The Hall–Kier alpha value is -2.20. The van der Waals surface area contributed by atoms with Crippen molar-refractivity contribution in [1.82, 2.24) is 20.4 Å². The number of hydrogen-bond donors (Lipinski definition) is 0. The molecule has 1 saturated carbocycles. The van der Waals surface area contributed by atoms with Gasteiger partial charge < -0.3 is 8.83 Å². The first-order valence-corrected chi connectivity index (χ1v) is 9.69. The minimum Gasteiger partial charge on any atom is -0.459 e. The van der Waals surface area contributed by atoms with Crippen LogP contribution in [-0.2, 0) is 10.5 Å². The van der Waals surface area contributed by atoms with Crippen LogP contribution >= 0.6 is 23.1 Å². The highest BCUT2D eigenvalue weighted by atomic mass is 32.2. The standard InChI is InChI=1S/C15H15N5O3S2/c1-2-12(21)20(9-5-6-9)14-18-19-15(25-14)24-8-11-16-17-13(23-11)10-4-3-7-22-10/h3-4,7,9H,2,5-6,8H2,1H3. The Morgan fingerprint density at radius 1 is 1.36 bits per heavy atom. The number of carbonyl (C=O) groups excluding carboxylic acids is 1. The number of nitrogens with zero attached hydrogens (tertiary/aromatic N) is 5. The summed E-state index contributed by atoms with van der Waals surface area (Å²) in [5, 5.41) is 17.0. The lowest BCUT2D eigenvalue weighted by Gasteiger charge is -2.17. The van der Waals surface area contributed by atoms with Crippen LogP contribution in [0.1, 0.15) is 32.1 Å². The molecular weight excluding hydrogens is 362 g/mol. The van der Waals surface area contributed by atoms with E-state index < -0.39 is 0 Å². The molecular formula is C15H15N5O3S2. The number of hydrogen-bond acceptors (Lipinski definition) is 9. The van der Waals surface area contributed by atoms with Crippen molar-refractivity contribution in [2.24, 2.45) is 0 Å². The minimum atomic E-state index is 0.0928. The molecule has 4 rings (SSSR count). The first-order valence-electron chi connectivity index (χ1n) is 7.89. The van der Waals surface area contributed by atoms with Gasteiger partial charge in [-0.3, -0.25) is 9.69 Å². The van der Waals surface area contributed by atoms with E-state index in [0.717, 1.165) is 17.2 Å². The molecule has 0 aromatic carbocycles. The van der Waals surface area contributed by atoms with Gasteiger partial charge in [0.15, 0.2) is 10.1 Å². The van der Waals surface area contributed by atoms with E-state index in [0.29, 0.717) is 34.8 Å². The molecule has 0 atom stereocenters. The van der Waals surface area contributed by atoms with Gasteiger partial charge in [-0.1, -0.05) is 30.0 Å². The smallest absolute Gasteiger partial charge is 0.283 e. The van der Waals surface area contributed by atoms with Crippen molar-refractivity contribution in [3.63, 3.8) is 0 Å². The Labute approximate surface area is 151 Å². The average Bonchev–Trinajstić information content (AvgIpc) is 3.06. The third-order valence-electron chi connectivity index (χ3n) is 3.60. The molecule has 25 heavy (non-hydrogen) atoms. The van der Waals surface area contributed by atoms with Crippen LogP contribution < -0.4 is 4.90 Å². The second kappa shape index (κ2) is 6.96. The highest BCUT2D eigenvalue weighted by Gasteiger charge is 2.35. The number of amides is 1. The molecule has 1 fully saturated rings. The number of aromatic nitrogens is 4. The molecule has 0 aliphatic heterocycles.